The molecule has 4 saturated carbocycles. The minimum absolute atomic E-state index is 0.00309. The van der Waals surface area contributed by atoms with Crippen molar-refractivity contribution in [3.8, 4) is 0 Å². The fourth-order valence-electron chi connectivity index (χ4n) is 8.79. The third-order valence-electron chi connectivity index (χ3n) is 10.4. The monoisotopic (exact) mass is 408 g/mol. The van der Waals surface area contributed by atoms with Crippen LogP contribution in [0.3, 0.4) is 0 Å². The Morgan fingerprint density at radius 2 is 1.69 bits per heavy atom. The first-order valence-corrected chi connectivity index (χ1v) is 11.9. The number of rotatable bonds is 4. The van der Waals surface area contributed by atoms with E-state index in [1.807, 2.05) is 0 Å². The van der Waals surface area contributed by atoms with Crippen LogP contribution in [0.2, 0.25) is 0 Å². The molecular formula is C24H40O5. The van der Waals surface area contributed by atoms with Crippen LogP contribution >= 0.6 is 0 Å². The van der Waals surface area contributed by atoms with E-state index in [-0.39, 0.29) is 29.3 Å². The maximum Gasteiger partial charge on any atom is 0.303 e. The summed E-state index contributed by atoms with van der Waals surface area (Å²) in [7, 11) is 0. The summed E-state index contributed by atoms with van der Waals surface area (Å²) in [6.07, 6.45) is 5.94. The number of carboxylic acids is 1. The summed E-state index contributed by atoms with van der Waals surface area (Å²) in [6.45, 7) is 6.76. The molecule has 5 nitrogen and oxygen atoms in total. The van der Waals surface area contributed by atoms with Gasteiger partial charge in [0.15, 0.2) is 0 Å². The third kappa shape index (κ3) is 3.18. The lowest BCUT2D eigenvalue weighted by Crippen LogP contribution is -2.61. The molecule has 0 amide bonds. The molecule has 0 aromatic heterocycles. The van der Waals surface area contributed by atoms with Crippen LogP contribution in [-0.2, 0) is 4.79 Å². The molecule has 0 spiro atoms. The van der Waals surface area contributed by atoms with Gasteiger partial charge in [-0.1, -0.05) is 20.8 Å². The molecule has 4 rings (SSSR count). The molecule has 11 unspecified atom stereocenters. The molecule has 4 N–H and O–H groups in total. The van der Waals surface area contributed by atoms with Crippen molar-refractivity contribution in [2.24, 2.45) is 46.3 Å². The second-order valence-electron chi connectivity index (χ2n) is 11.4. The number of fused-ring (bicyclic) bond motifs is 5. The largest absolute Gasteiger partial charge is 0.481 e. The molecule has 0 bridgehead atoms. The van der Waals surface area contributed by atoms with Crippen LogP contribution in [0.5, 0.6) is 0 Å². The second kappa shape index (κ2) is 7.49. The zero-order valence-corrected chi connectivity index (χ0v) is 18.3. The molecule has 4 aliphatic carbocycles. The van der Waals surface area contributed by atoms with Crippen LogP contribution in [0.25, 0.3) is 0 Å². The number of aliphatic carboxylic acids is 1. The zero-order valence-electron chi connectivity index (χ0n) is 18.3. The highest BCUT2D eigenvalue weighted by molar-refractivity contribution is 5.66. The molecule has 0 aromatic rings. The van der Waals surface area contributed by atoms with Gasteiger partial charge >= 0.3 is 5.97 Å². The van der Waals surface area contributed by atoms with Gasteiger partial charge in [-0.25, -0.2) is 0 Å². The average molecular weight is 409 g/mol. The van der Waals surface area contributed by atoms with Crippen LogP contribution in [0.15, 0.2) is 0 Å². The van der Waals surface area contributed by atoms with Gasteiger partial charge in [-0.3, -0.25) is 4.79 Å². The maximum atomic E-state index is 11.5. The predicted molar refractivity (Wildman–Crippen MR) is 110 cm³/mol. The number of hydrogen-bond acceptors (Lipinski definition) is 4. The Morgan fingerprint density at radius 1 is 1.00 bits per heavy atom. The average Bonchev–Trinajstić information content (AvgIpc) is 3.03. The number of carboxylic acid groups (broad SMARTS) is 1. The number of hydrogen-bond donors (Lipinski definition) is 4. The van der Waals surface area contributed by atoms with Crippen molar-refractivity contribution in [2.75, 3.05) is 0 Å². The van der Waals surface area contributed by atoms with E-state index < -0.39 is 18.2 Å². The molecule has 5 heteroatoms. The van der Waals surface area contributed by atoms with Gasteiger partial charge in [0.1, 0.15) is 0 Å². The minimum Gasteiger partial charge on any atom is -0.481 e. The summed E-state index contributed by atoms with van der Waals surface area (Å²) in [6, 6.07) is 0. The highest BCUT2D eigenvalue weighted by atomic mass is 16.4. The summed E-state index contributed by atoms with van der Waals surface area (Å²) >= 11 is 0. The van der Waals surface area contributed by atoms with E-state index in [2.05, 4.69) is 20.8 Å². The molecule has 29 heavy (non-hydrogen) atoms. The molecule has 0 saturated heterocycles. The van der Waals surface area contributed by atoms with Crippen molar-refractivity contribution < 1.29 is 25.2 Å². The van der Waals surface area contributed by atoms with Gasteiger partial charge in [0, 0.05) is 6.42 Å². The SMILES string of the molecule is CC(CCC(=O)O)C1CCC2C3CCC4C(O)C(O)CCC4(C)C3CC(O)C12C. The Kier molecular flexibility index (Phi) is 5.57. The van der Waals surface area contributed by atoms with Crippen molar-refractivity contribution in [2.45, 2.75) is 96.9 Å². The lowest BCUT2D eigenvalue weighted by Gasteiger charge is -2.63. The van der Waals surface area contributed by atoms with Crippen LogP contribution in [0.4, 0.5) is 0 Å². The van der Waals surface area contributed by atoms with E-state index in [1.165, 1.54) is 0 Å². The van der Waals surface area contributed by atoms with Gasteiger partial charge in [0.25, 0.3) is 0 Å². The summed E-state index contributed by atoms with van der Waals surface area (Å²) < 4.78 is 0. The smallest absolute Gasteiger partial charge is 0.303 e. The first-order chi connectivity index (χ1) is 13.6. The topological polar surface area (TPSA) is 98.0 Å². The maximum absolute atomic E-state index is 11.5. The first-order valence-electron chi connectivity index (χ1n) is 11.9. The standard InChI is InChI=1S/C24H40O5/c1-13(4-9-21(27)28)15-7-8-16-14-5-6-17-22(29)19(25)10-11-23(17,2)18(14)12-20(26)24(15,16)3/h13-20,22,25-26,29H,4-12H2,1-3H3,(H,27,28). The highest BCUT2D eigenvalue weighted by Crippen LogP contribution is 2.68. The summed E-state index contributed by atoms with van der Waals surface area (Å²) in [5, 5.41) is 41.5. The molecule has 0 radical (unpaired) electrons. The molecular weight excluding hydrogens is 368 g/mol. The fourth-order valence-corrected chi connectivity index (χ4v) is 8.79. The van der Waals surface area contributed by atoms with E-state index in [4.69, 9.17) is 5.11 Å². The Balaban J connectivity index is 1.58. The van der Waals surface area contributed by atoms with Gasteiger partial charge in [0.05, 0.1) is 18.3 Å². The third-order valence-corrected chi connectivity index (χ3v) is 10.4. The quantitative estimate of drug-likeness (QED) is 0.571. The van der Waals surface area contributed by atoms with Crippen LogP contribution in [-0.4, -0.2) is 44.7 Å². The van der Waals surface area contributed by atoms with Gasteiger partial charge in [-0.05, 0) is 97.7 Å². The van der Waals surface area contributed by atoms with Crippen molar-refractivity contribution in [1.29, 1.82) is 0 Å². The number of aliphatic hydroxyl groups excluding tert-OH is 3. The Labute approximate surface area is 174 Å². The van der Waals surface area contributed by atoms with Gasteiger partial charge < -0.3 is 20.4 Å². The van der Waals surface area contributed by atoms with Crippen LogP contribution in [0, 0.1) is 46.3 Å². The van der Waals surface area contributed by atoms with Gasteiger partial charge in [0.2, 0.25) is 0 Å². The van der Waals surface area contributed by atoms with Crippen LogP contribution < -0.4 is 0 Å². The molecule has 0 aliphatic heterocycles. The van der Waals surface area contributed by atoms with Crippen molar-refractivity contribution in [3.63, 3.8) is 0 Å². The van der Waals surface area contributed by atoms with Crippen molar-refractivity contribution in [3.05, 3.63) is 0 Å². The Morgan fingerprint density at radius 3 is 2.38 bits per heavy atom. The number of carbonyl (C=O) groups is 1. The second-order valence-corrected chi connectivity index (χ2v) is 11.4. The number of aliphatic hydroxyl groups is 3. The Bertz CT molecular complexity index is 637. The van der Waals surface area contributed by atoms with Crippen LogP contribution in [0.1, 0.15) is 78.6 Å². The molecule has 11 atom stereocenters. The van der Waals surface area contributed by atoms with E-state index in [0.29, 0.717) is 42.4 Å². The Hall–Kier alpha value is -0.650. The van der Waals surface area contributed by atoms with Crippen molar-refractivity contribution in [1.82, 2.24) is 0 Å². The summed E-state index contributed by atoms with van der Waals surface area (Å²) in [4.78, 5) is 11.1. The molecule has 0 aromatic carbocycles. The lowest BCUT2D eigenvalue weighted by molar-refractivity contribution is -0.200. The van der Waals surface area contributed by atoms with Gasteiger partial charge in [-0.15, -0.1) is 0 Å². The van der Waals surface area contributed by atoms with E-state index in [9.17, 15) is 20.1 Å². The predicted octanol–water partition coefficient (Wildman–Crippen LogP) is 3.45. The molecule has 4 aliphatic rings. The zero-order chi connectivity index (χ0) is 21.1. The van der Waals surface area contributed by atoms with Crippen molar-refractivity contribution >= 4 is 5.97 Å². The van der Waals surface area contributed by atoms with E-state index in [1.54, 1.807) is 0 Å². The molecule has 166 valence electrons. The lowest BCUT2D eigenvalue weighted by atomic mass is 9.43. The molecule has 0 heterocycles. The first kappa shape index (κ1) is 21.6. The molecule has 4 fully saturated rings. The van der Waals surface area contributed by atoms with Gasteiger partial charge in [-0.2, -0.15) is 0 Å². The normalized spacial score (nSPS) is 52.9. The van der Waals surface area contributed by atoms with E-state index >= 15 is 0 Å². The van der Waals surface area contributed by atoms with E-state index in [0.717, 1.165) is 38.5 Å². The highest BCUT2D eigenvalue weighted by Gasteiger charge is 2.64. The minimum atomic E-state index is -0.731. The fraction of sp³-hybridized carbons (Fsp3) is 0.958. The summed E-state index contributed by atoms with van der Waals surface area (Å²) in [5.41, 5.74) is -0.133. The summed E-state index contributed by atoms with van der Waals surface area (Å²) in [5.74, 6) is 1.56.